The van der Waals surface area contributed by atoms with Crippen LogP contribution in [-0.2, 0) is 0 Å². The van der Waals surface area contributed by atoms with Crippen LogP contribution in [0.2, 0.25) is 0 Å². The summed E-state index contributed by atoms with van der Waals surface area (Å²) in [7, 11) is 1.43. The number of nitrogen functional groups attached to an aromatic ring is 1. The number of hydrazine groups is 1. The molecule has 0 atom stereocenters. The molecule has 1 rings (SSSR count). The van der Waals surface area contributed by atoms with E-state index in [1.807, 2.05) is 0 Å². The largest absolute Gasteiger partial charge is 0.506 e. The highest BCUT2D eigenvalue weighted by molar-refractivity contribution is 5.94. The average Bonchev–Trinajstić information content (AvgIpc) is 2.08. The van der Waals surface area contributed by atoms with E-state index in [0.29, 0.717) is 5.56 Å². The number of carbonyl (C=O) groups excluding carboxylic acids is 1. The first-order valence-corrected chi connectivity index (χ1v) is 3.63. The van der Waals surface area contributed by atoms with Crippen molar-refractivity contribution in [3.63, 3.8) is 0 Å². The van der Waals surface area contributed by atoms with Gasteiger partial charge in [-0.25, -0.2) is 5.84 Å². The molecule has 0 saturated heterocycles. The molecule has 0 aliphatic heterocycles. The lowest BCUT2D eigenvalue weighted by molar-refractivity contribution is 0.0795. The number of anilines is 1. The predicted octanol–water partition coefficient (Wildman–Crippen LogP) is -0.0799. The lowest BCUT2D eigenvalue weighted by atomic mass is 10.2. The zero-order valence-electron chi connectivity index (χ0n) is 7.19. The number of nitrogens with two attached hydrogens (primary N) is 2. The lowest BCUT2D eigenvalue weighted by Crippen LogP contribution is -2.33. The number of carbonyl (C=O) groups is 1. The normalized spacial score (nSPS) is 9.69. The fourth-order valence-electron chi connectivity index (χ4n) is 0.880. The molecule has 0 aromatic heterocycles. The summed E-state index contributed by atoms with van der Waals surface area (Å²) in [5.74, 6) is 4.73. The molecule has 13 heavy (non-hydrogen) atoms. The number of phenolic OH excluding ortho intramolecular Hbond substituents is 1. The molecule has 0 aliphatic carbocycles. The number of amides is 1. The van der Waals surface area contributed by atoms with Gasteiger partial charge in [-0.1, -0.05) is 0 Å². The Bertz CT molecular complexity index is 336. The molecule has 1 aromatic carbocycles. The highest BCUT2D eigenvalue weighted by atomic mass is 16.3. The van der Waals surface area contributed by atoms with Gasteiger partial charge in [-0.2, -0.15) is 0 Å². The fourth-order valence-corrected chi connectivity index (χ4v) is 0.880. The van der Waals surface area contributed by atoms with Crippen molar-refractivity contribution in [2.75, 3.05) is 12.8 Å². The van der Waals surface area contributed by atoms with Crippen molar-refractivity contribution >= 4 is 11.6 Å². The second-order valence-corrected chi connectivity index (χ2v) is 2.69. The zero-order valence-corrected chi connectivity index (χ0v) is 7.19. The number of aromatic hydroxyl groups is 1. The minimum absolute atomic E-state index is 0.118. The van der Waals surface area contributed by atoms with Crippen molar-refractivity contribution in [2.45, 2.75) is 0 Å². The number of phenols is 1. The SMILES string of the molecule is CN(N)C(=O)c1ccc(N)c(O)c1. The third-order valence-electron chi connectivity index (χ3n) is 1.60. The molecule has 5 N–H and O–H groups in total. The number of benzene rings is 1. The van der Waals surface area contributed by atoms with Crippen LogP contribution in [0, 0.1) is 0 Å². The Morgan fingerprint density at radius 1 is 1.54 bits per heavy atom. The summed E-state index contributed by atoms with van der Waals surface area (Å²) in [4.78, 5) is 11.3. The van der Waals surface area contributed by atoms with Gasteiger partial charge in [0.05, 0.1) is 5.69 Å². The Hall–Kier alpha value is -1.75. The second-order valence-electron chi connectivity index (χ2n) is 2.69. The Labute approximate surface area is 75.5 Å². The molecule has 5 nitrogen and oxygen atoms in total. The second kappa shape index (κ2) is 3.32. The van der Waals surface area contributed by atoms with Gasteiger partial charge in [0.25, 0.3) is 5.91 Å². The van der Waals surface area contributed by atoms with Gasteiger partial charge in [0.1, 0.15) is 5.75 Å². The first-order valence-electron chi connectivity index (χ1n) is 3.63. The number of rotatable bonds is 1. The molecule has 70 valence electrons. The van der Waals surface area contributed by atoms with Crippen molar-refractivity contribution < 1.29 is 9.90 Å². The maximum absolute atomic E-state index is 11.3. The van der Waals surface area contributed by atoms with E-state index in [2.05, 4.69) is 0 Å². The van der Waals surface area contributed by atoms with Gasteiger partial charge in [-0.3, -0.25) is 9.80 Å². The number of hydrogen-bond donors (Lipinski definition) is 3. The minimum atomic E-state index is -0.379. The molecule has 0 unspecified atom stereocenters. The molecule has 0 fully saturated rings. The van der Waals surface area contributed by atoms with Gasteiger partial charge in [-0.15, -0.1) is 0 Å². The van der Waals surface area contributed by atoms with Crippen molar-refractivity contribution in [3.05, 3.63) is 23.8 Å². The highest BCUT2D eigenvalue weighted by Crippen LogP contribution is 2.20. The van der Waals surface area contributed by atoms with Crippen LogP contribution in [0.4, 0.5) is 5.69 Å². The van der Waals surface area contributed by atoms with Crippen LogP contribution in [-0.4, -0.2) is 23.1 Å². The fraction of sp³-hybridized carbons (Fsp3) is 0.125. The molecule has 0 radical (unpaired) electrons. The number of nitrogens with zero attached hydrogens (tertiary/aromatic N) is 1. The van der Waals surface area contributed by atoms with Gasteiger partial charge in [0, 0.05) is 12.6 Å². The van der Waals surface area contributed by atoms with Gasteiger partial charge in [0.2, 0.25) is 0 Å². The van der Waals surface area contributed by atoms with Gasteiger partial charge in [-0.05, 0) is 18.2 Å². The summed E-state index contributed by atoms with van der Waals surface area (Å²) < 4.78 is 0. The predicted molar refractivity (Wildman–Crippen MR) is 48.8 cm³/mol. The quantitative estimate of drug-likeness (QED) is 0.186. The van der Waals surface area contributed by atoms with Gasteiger partial charge >= 0.3 is 0 Å². The van der Waals surface area contributed by atoms with Crippen molar-refractivity contribution in [1.29, 1.82) is 0 Å². The first kappa shape index (κ1) is 9.34. The van der Waals surface area contributed by atoms with Crippen LogP contribution in [0.5, 0.6) is 5.75 Å². The van der Waals surface area contributed by atoms with Gasteiger partial charge in [0.15, 0.2) is 0 Å². The highest BCUT2D eigenvalue weighted by Gasteiger charge is 2.09. The van der Waals surface area contributed by atoms with Crippen LogP contribution >= 0.6 is 0 Å². The smallest absolute Gasteiger partial charge is 0.267 e. The Morgan fingerprint density at radius 2 is 2.15 bits per heavy atom. The van der Waals surface area contributed by atoms with Crippen LogP contribution in [0.3, 0.4) is 0 Å². The summed E-state index contributed by atoms with van der Waals surface area (Å²) in [5, 5.41) is 10.1. The van der Waals surface area contributed by atoms with Crippen LogP contribution < -0.4 is 11.6 Å². The van der Waals surface area contributed by atoms with E-state index in [1.54, 1.807) is 0 Å². The molecule has 0 spiro atoms. The summed E-state index contributed by atoms with van der Waals surface area (Å²) in [5.41, 5.74) is 5.89. The van der Waals surface area contributed by atoms with Crippen molar-refractivity contribution in [1.82, 2.24) is 5.01 Å². The maximum Gasteiger partial charge on any atom is 0.267 e. The van der Waals surface area contributed by atoms with Crippen LogP contribution in [0.1, 0.15) is 10.4 Å². The monoisotopic (exact) mass is 181 g/mol. The van der Waals surface area contributed by atoms with E-state index in [0.717, 1.165) is 5.01 Å². The topological polar surface area (TPSA) is 92.6 Å². The zero-order chi connectivity index (χ0) is 10.0. The van der Waals surface area contributed by atoms with E-state index in [-0.39, 0.29) is 17.3 Å². The first-order chi connectivity index (χ1) is 6.02. The molecule has 5 heteroatoms. The van der Waals surface area contributed by atoms with E-state index in [4.69, 9.17) is 11.6 Å². The number of hydrogen-bond acceptors (Lipinski definition) is 4. The lowest BCUT2D eigenvalue weighted by Gasteiger charge is -2.10. The minimum Gasteiger partial charge on any atom is -0.506 e. The maximum atomic E-state index is 11.3. The molecule has 0 heterocycles. The molecule has 1 amide bonds. The van der Waals surface area contributed by atoms with E-state index < -0.39 is 0 Å². The molecule has 0 aliphatic rings. The molecule has 0 saturated carbocycles. The summed E-state index contributed by atoms with van der Waals surface area (Å²) in [6.07, 6.45) is 0. The molecule has 1 aromatic rings. The standard InChI is InChI=1S/C8H11N3O2/c1-11(10)8(13)5-2-3-6(9)7(12)4-5/h2-4,12H,9-10H2,1H3. The Kier molecular flexibility index (Phi) is 2.39. The Balaban J connectivity index is 3.04. The van der Waals surface area contributed by atoms with E-state index in [1.165, 1.54) is 25.2 Å². The summed E-state index contributed by atoms with van der Waals surface area (Å²) in [6, 6.07) is 4.23. The van der Waals surface area contributed by atoms with Crippen LogP contribution in [0.25, 0.3) is 0 Å². The van der Waals surface area contributed by atoms with Crippen LogP contribution in [0.15, 0.2) is 18.2 Å². The van der Waals surface area contributed by atoms with E-state index in [9.17, 15) is 9.90 Å². The third-order valence-corrected chi connectivity index (χ3v) is 1.60. The summed E-state index contributed by atoms with van der Waals surface area (Å²) >= 11 is 0. The third kappa shape index (κ3) is 1.88. The molecular weight excluding hydrogens is 170 g/mol. The van der Waals surface area contributed by atoms with Crippen molar-refractivity contribution in [2.24, 2.45) is 5.84 Å². The van der Waals surface area contributed by atoms with Crippen molar-refractivity contribution in [3.8, 4) is 5.75 Å². The van der Waals surface area contributed by atoms with E-state index >= 15 is 0 Å². The Morgan fingerprint density at radius 3 is 2.62 bits per heavy atom. The van der Waals surface area contributed by atoms with Gasteiger partial charge < -0.3 is 10.8 Å². The average molecular weight is 181 g/mol. The summed E-state index contributed by atoms with van der Waals surface area (Å²) in [6.45, 7) is 0. The molecular formula is C8H11N3O2. The molecule has 0 bridgehead atoms.